The molecule has 0 bridgehead atoms. The normalized spacial score (nSPS) is 25.2. The fraction of sp³-hybridized carbons (Fsp3) is 0.765. The molecule has 16 heteroatoms. The largest absolute Gasteiger partial charge is 0.358 e. The number of nitrogens with zero attached hydrogens (tertiary/aromatic N) is 2. The van der Waals surface area contributed by atoms with Crippen LogP contribution in [0.5, 0.6) is 0 Å². The lowest BCUT2D eigenvalue weighted by molar-refractivity contribution is -0.0427. The maximum Gasteiger partial charge on any atom is 0.345 e. The summed E-state index contributed by atoms with van der Waals surface area (Å²) in [5.41, 5.74) is 5.29. The summed E-state index contributed by atoms with van der Waals surface area (Å²) in [7, 11) is -6.18. The summed E-state index contributed by atoms with van der Waals surface area (Å²) in [5.74, 6) is 0.717. The van der Waals surface area contributed by atoms with Gasteiger partial charge in [-0.25, -0.2) is 10.2 Å². The zero-order valence-electron chi connectivity index (χ0n) is 30.9. The van der Waals surface area contributed by atoms with Gasteiger partial charge in [0.05, 0.1) is 26.4 Å². The minimum absolute atomic E-state index is 0.193. The number of allylic oxidation sites excluding steroid dienone is 6. The highest BCUT2D eigenvalue weighted by Crippen LogP contribution is 2.52. The third-order valence-electron chi connectivity index (χ3n) is 7.67. The third-order valence-corrected chi connectivity index (χ3v) is 13.4. The number of halogens is 4. The summed E-state index contributed by atoms with van der Waals surface area (Å²) in [6, 6.07) is 0. The SMILES string of the molecule is CC(C)=CCC/C(C)=C/COC1CCOP(=O)(NCCBr)N1CCBr.CC(C)=CCC/C(C)=C/COC1CCOP(=O)(NCCCl)N1CCCl. The van der Waals surface area contributed by atoms with E-state index >= 15 is 0 Å². The molecule has 2 aliphatic heterocycles. The summed E-state index contributed by atoms with van der Waals surface area (Å²) in [5, 5.41) is 7.40. The Balaban J connectivity index is 0.000000500. The molecule has 0 spiro atoms. The van der Waals surface area contributed by atoms with Crippen molar-refractivity contribution >= 4 is 70.4 Å². The maximum absolute atomic E-state index is 13.1. The van der Waals surface area contributed by atoms with Crippen LogP contribution in [0, 0.1) is 0 Å². The van der Waals surface area contributed by atoms with Gasteiger partial charge in [-0.05, 0) is 67.2 Å². The molecule has 2 heterocycles. The summed E-state index contributed by atoms with van der Waals surface area (Å²) in [4.78, 5) is 0. The van der Waals surface area contributed by atoms with Gasteiger partial charge in [0, 0.05) is 61.4 Å². The number of alkyl halides is 4. The second kappa shape index (κ2) is 28.1. The van der Waals surface area contributed by atoms with Crippen LogP contribution in [0.15, 0.2) is 46.6 Å². The van der Waals surface area contributed by atoms with E-state index in [0.717, 1.165) is 37.4 Å². The first-order valence-electron chi connectivity index (χ1n) is 17.4. The minimum Gasteiger partial charge on any atom is -0.358 e. The molecule has 292 valence electrons. The van der Waals surface area contributed by atoms with Crippen molar-refractivity contribution in [3.63, 3.8) is 0 Å². The molecule has 50 heavy (non-hydrogen) atoms. The first-order chi connectivity index (χ1) is 23.8. The Bertz CT molecular complexity index is 1080. The molecule has 4 atom stereocenters. The topological polar surface area (TPSA) is 102 Å². The van der Waals surface area contributed by atoms with E-state index in [1.165, 1.54) is 22.3 Å². The Kier molecular flexibility index (Phi) is 27.4. The molecule has 2 N–H and O–H groups in total. The fourth-order valence-corrected chi connectivity index (χ4v) is 10.8. The van der Waals surface area contributed by atoms with Gasteiger partial charge in [0.15, 0.2) is 0 Å². The lowest BCUT2D eigenvalue weighted by Gasteiger charge is -2.40. The van der Waals surface area contributed by atoms with Crippen molar-refractivity contribution in [2.24, 2.45) is 0 Å². The molecular formula is C34H62Br2Cl2N4O6P2. The fourth-order valence-electron chi connectivity index (χ4n) is 5.03. The van der Waals surface area contributed by atoms with Crippen LogP contribution in [0.25, 0.3) is 0 Å². The second-order valence-electron chi connectivity index (χ2n) is 12.5. The molecule has 10 nitrogen and oxygen atoms in total. The van der Waals surface area contributed by atoms with Gasteiger partial charge in [-0.15, -0.1) is 23.2 Å². The lowest BCUT2D eigenvalue weighted by Crippen LogP contribution is -2.44. The highest BCUT2D eigenvalue weighted by Gasteiger charge is 2.42. The molecule has 0 aromatic rings. The monoisotopic (exact) mass is 912 g/mol. The van der Waals surface area contributed by atoms with Crippen molar-refractivity contribution in [1.82, 2.24) is 19.5 Å². The molecule has 2 saturated heterocycles. The molecule has 0 saturated carbocycles. The summed E-state index contributed by atoms with van der Waals surface area (Å²) < 4.78 is 52.7. The molecule has 2 rings (SSSR count). The van der Waals surface area contributed by atoms with Crippen LogP contribution < -0.4 is 10.2 Å². The van der Waals surface area contributed by atoms with Crippen molar-refractivity contribution in [3.8, 4) is 0 Å². The Hall–Kier alpha value is 0.640. The third kappa shape index (κ3) is 19.8. The average Bonchev–Trinajstić information content (AvgIpc) is 3.06. The van der Waals surface area contributed by atoms with Crippen LogP contribution >= 0.6 is 70.4 Å². The molecule has 0 amide bonds. The molecular weight excluding hydrogens is 853 g/mol. The van der Waals surface area contributed by atoms with E-state index in [1.807, 2.05) is 4.67 Å². The van der Waals surface area contributed by atoms with Crippen molar-refractivity contribution in [2.45, 2.75) is 92.5 Å². The van der Waals surface area contributed by atoms with E-state index in [-0.39, 0.29) is 12.5 Å². The Labute approximate surface area is 329 Å². The van der Waals surface area contributed by atoms with Gasteiger partial charge in [-0.3, -0.25) is 9.13 Å². The number of hydrogen-bond donors (Lipinski definition) is 2. The minimum atomic E-state index is -3.14. The quantitative estimate of drug-likeness (QED) is 0.0620. The van der Waals surface area contributed by atoms with Gasteiger partial charge >= 0.3 is 15.3 Å². The molecule has 0 aromatic heterocycles. The van der Waals surface area contributed by atoms with Crippen molar-refractivity contribution in [1.29, 1.82) is 0 Å². The first-order valence-corrected chi connectivity index (χ1v) is 23.9. The number of hydrogen-bond acceptors (Lipinski definition) is 6. The Morgan fingerprint density at radius 1 is 0.720 bits per heavy atom. The van der Waals surface area contributed by atoms with Gasteiger partial charge < -0.3 is 18.5 Å². The van der Waals surface area contributed by atoms with Crippen LogP contribution in [-0.2, 0) is 27.7 Å². The smallest absolute Gasteiger partial charge is 0.345 e. The molecule has 0 aromatic carbocycles. The first kappa shape index (κ1) is 48.7. The Morgan fingerprint density at radius 2 is 1.18 bits per heavy atom. The molecule has 2 fully saturated rings. The highest BCUT2D eigenvalue weighted by atomic mass is 79.9. The van der Waals surface area contributed by atoms with E-state index in [1.54, 1.807) is 4.67 Å². The van der Waals surface area contributed by atoms with Crippen molar-refractivity contribution in [2.75, 3.05) is 75.0 Å². The average molecular weight is 916 g/mol. The van der Waals surface area contributed by atoms with Crippen molar-refractivity contribution in [3.05, 3.63) is 46.6 Å². The van der Waals surface area contributed by atoms with Crippen LogP contribution in [-0.4, -0.2) is 96.8 Å². The summed E-state index contributed by atoms with van der Waals surface area (Å²) in [6.45, 7) is 16.6. The standard InChI is InChI=1S/C17H31Br2N2O3P.C17H31Cl2N2O3P/c2*1-15(2)5-4-6-16(3)7-13-23-17-8-14-24-25(22,20-11-9-18)21(17)12-10-19/h2*5,7,17H,4,6,8-14H2,1-3H3,(H,20,22)/b2*16-7+. The van der Waals surface area contributed by atoms with Gasteiger partial charge in [0.25, 0.3) is 0 Å². The van der Waals surface area contributed by atoms with Crippen LogP contribution in [0.2, 0.25) is 0 Å². The molecule has 2 aliphatic rings. The molecule has 0 aliphatic carbocycles. The van der Waals surface area contributed by atoms with E-state index in [2.05, 4.69) is 108 Å². The number of ether oxygens (including phenoxy) is 2. The summed E-state index contributed by atoms with van der Waals surface area (Å²) >= 11 is 18.4. The van der Waals surface area contributed by atoms with Crippen LogP contribution in [0.4, 0.5) is 0 Å². The van der Waals surface area contributed by atoms with Gasteiger partial charge in [-0.1, -0.05) is 78.5 Å². The van der Waals surface area contributed by atoms with Gasteiger partial charge in [0.2, 0.25) is 0 Å². The second-order valence-corrected chi connectivity index (χ2v) is 19.1. The van der Waals surface area contributed by atoms with Crippen LogP contribution in [0.3, 0.4) is 0 Å². The number of rotatable bonds is 22. The summed E-state index contributed by atoms with van der Waals surface area (Å²) in [6.07, 6.45) is 13.8. The van der Waals surface area contributed by atoms with E-state index in [0.29, 0.717) is 76.1 Å². The van der Waals surface area contributed by atoms with E-state index < -0.39 is 15.3 Å². The van der Waals surface area contributed by atoms with E-state index in [4.69, 9.17) is 41.7 Å². The van der Waals surface area contributed by atoms with Gasteiger partial charge in [-0.2, -0.15) is 9.34 Å². The number of nitrogens with one attached hydrogen (secondary N) is 2. The van der Waals surface area contributed by atoms with Crippen molar-refractivity contribution < 1.29 is 27.7 Å². The predicted molar refractivity (Wildman–Crippen MR) is 219 cm³/mol. The highest BCUT2D eigenvalue weighted by molar-refractivity contribution is 9.09. The molecule has 4 unspecified atom stereocenters. The van der Waals surface area contributed by atoms with Crippen LogP contribution in [0.1, 0.15) is 80.1 Å². The zero-order valence-corrected chi connectivity index (χ0v) is 37.4. The Morgan fingerprint density at radius 3 is 1.58 bits per heavy atom. The molecule has 0 radical (unpaired) electrons. The zero-order chi connectivity index (χ0) is 37.4. The van der Waals surface area contributed by atoms with Gasteiger partial charge in [0.1, 0.15) is 12.5 Å². The maximum atomic E-state index is 13.1. The predicted octanol–water partition coefficient (Wildman–Crippen LogP) is 10.2. The lowest BCUT2D eigenvalue weighted by atomic mass is 10.1. The van der Waals surface area contributed by atoms with E-state index in [9.17, 15) is 9.13 Å².